The van der Waals surface area contributed by atoms with Crippen molar-refractivity contribution in [3.05, 3.63) is 31.6 Å². The summed E-state index contributed by atoms with van der Waals surface area (Å²) in [5, 5.41) is 9.35. The van der Waals surface area contributed by atoms with Crippen LogP contribution in [-0.4, -0.2) is 10.2 Å². The molecule has 0 bridgehead atoms. The van der Waals surface area contributed by atoms with Gasteiger partial charge in [0, 0.05) is 10.0 Å². The van der Waals surface area contributed by atoms with Gasteiger partial charge >= 0.3 is 0 Å². The van der Waals surface area contributed by atoms with Crippen molar-refractivity contribution in [2.75, 3.05) is 0 Å². The van der Waals surface area contributed by atoms with Crippen molar-refractivity contribution in [2.45, 2.75) is 0 Å². The maximum atomic E-state index is 6.07. The molecule has 0 unspecified atom stereocenters. The van der Waals surface area contributed by atoms with Crippen LogP contribution in [-0.2, 0) is 0 Å². The Kier molecular flexibility index (Phi) is 3.21. The SMILES string of the molecule is Clc1cc(Br)ccc1-c1nnc(Br)s1. The molecule has 0 saturated carbocycles. The third-order valence-electron chi connectivity index (χ3n) is 1.56. The predicted octanol–water partition coefficient (Wildman–Crippen LogP) is 4.38. The highest BCUT2D eigenvalue weighted by atomic mass is 79.9. The lowest BCUT2D eigenvalue weighted by molar-refractivity contribution is 1.08. The molecule has 0 aliphatic rings. The first-order chi connectivity index (χ1) is 6.66. The van der Waals surface area contributed by atoms with Gasteiger partial charge in [-0.2, -0.15) is 0 Å². The number of benzene rings is 1. The van der Waals surface area contributed by atoms with E-state index in [1.807, 2.05) is 18.2 Å². The number of rotatable bonds is 1. The molecule has 0 N–H and O–H groups in total. The Morgan fingerprint density at radius 3 is 2.57 bits per heavy atom. The van der Waals surface area contributed by atoms with E-state index in [1.54, 1.807) is 0 Å². The van der Waals surface area contributed by atoms with Gasteiger partial charge in [0.1, 0.15) is 5.01 Å². The molecule has 1 aromatic carbocycles. The summed E-state index contributed by atoms with van der Waals surface area (Å²) in [5.74, 6) is 0. The Balaban J connectivity index is 2.52. The van der Waals surface area contributed by atoms with Crippen LogP contribution in [0.25, 0.3) is 10.6 Å². The van der Waals surface area contributed by atoms with Gasteiger partial charge in [0.05, 0.1) is 5.02 Å². The standard InChI is InChI=1S/C8H3Br2ClN2S/c9-4-1-2-5(6(11)3-4)7-12-13-8(10)14-7/h1-3H. The summed E-state index contributed by atoms with van der Waals surface area (Å²) < 4.78 is 1.71. The van der Waals surface area contributed by atoms with E-state index < -0.39 is 0 Å². The fourth-order valence-electron chi connectivity index (χ4n) is 0.977. The smallest absolute Gasteiger partial charge is 0.137 e. The van der Waals surface area contributed by atoms with E-state index in [-0.39, 0.29) is 0 Å². The molecule has 0 aliphatic heterocycles. The summed E-state index contributed by atoms with van der Waals surface area (Å²) in [6.45, 7) is 0. The molecule has 0 atom stereocenters. The van der Waals surface area contributed by atoms with Gasteiger partial charge in [0.25, 0.3) is 0 Å². The molecule has 2 rings (SSSR count). The van der Waals surface area contributed by atoms with Crippen LogP contribution >= 0.6 is 54.8 Å². The van der Waals surface area contributed by atoms with Gasteiger partial charge < -0.3 is 0 Å². The highest BCUT2D eigenvalue weighted by Crippen LogP contribution is 2.33. The molecule has 0 fully saturated rings. The normalized spacial score (nSPS) is 10.5. The molecule has 0 saturated heterocycles. The minimum Gasteiger partial charge on any atom is -0.137 e. The van der Waals surface area contributed by atoms with Crippen molar-refractivity contribution in [1.29, 1.82) is 0 Å². The lowest BCUT2D eigenvalue weighted by Crippen LogP contribution is -1.78. The molecule has 2 nitrogen and oxygen atoms in total. The molecular formula is C8H3Br2ClN2S. The molecule has 0 aliphatic carbocycles. The van der Waals surface area contributed by atoms with Crippen LogP contribution < -0.4 is 0 Å². The van der Waals surface area contributed by atoms with Gasteiger partial charge in [0.2, 0.25) is 0 Å². The van der Waals surface area contributed by atoms with Gasteiger partial charge in [-0.15, -0.1) is 10.2 Å². The zero-order chi connectivity index (χ0) is 10.1. The lowest BCUT2D eigenvalue weighted by atomic mass is 10.2. The Labute approximate surface area is 107 Å². The van der Waals surface area contributed by atoms with Crippen molar-refractivity contribution in [3.8, 4) is 10.6 Å². The van der Waals surface area contributed by atoms with Crippen LogP contribution in [0.1, 0.15) is 0 Å². The van der Waals surface area contributed by atoms with Crippen molar-refractivity contribution in [3.63, 3.8) is 0 Å². The minimum atomic E-state index is 0.669. The third-order valence-corrected chi connectivity index (χ3v) is 3.76. The zero-order valence-electron chi connectivity index (χ0n) is 6.67. The van der Waals surface area contributed by atoms with Crippen LogP contribution in [0.5, 0.6) is 0 Å². The molecule has 0 amide bonds. The largest absolute Gasteiger partial charge is 0.183 e. The summed E-state index contributed by atoms with van der Waals surface area (Å²) in [4.78, 5) is 0. The second kappa shape index (κ2) is 4.26. The molecule has 1 aromatic heterocycles. The number of hydrogen-bond acceptors (Lipinski definition) is 3. The summed E-state index contributed by atoms with van der Waals surface area (Å²) in [7, 11) is 0. The summed E-state index contributed by atoms with van der Waals surface area (Å²) >= 11 is 14.1. The van der Waals surface area contributed by atoms with E-state index in [4.69, 9.17) is 11.6 Å². The van der Waals surface area contributed by atoms with E-state index in [9.17, 15) is 0 Å². The Hall–Kier alpha value is 0.0300. The molecule has 14 heavy (non-hydrogen) atoms. The van der Waals surface area contributed by atoms with Gasteiger partial charge in [-0.3, -0.25) is 0 Å². The number of hydrogen-bond donors (Lipinski definition) is 0. The van der Waals surface area contributed by atoms with Crippen LogP contribution in [0.4, 0.5) is 0 Å². The Morgan fingerprint density at radius 1 is 1.21 bits per heavy atom. The van der Waals surface area contributed by atoms with Crippen molar-refractivity contribution in [1.82, 2.24) is 10.2 Å². The van der Waals surface area contributed by atoms with Crippen LogP contribution in [0.3, 0.4) is 0 Å². The van der Waals surface area contributed by atoms with Gasteiger partial charge in [-0.25, -0.2) is 0 Å². The fourth-order valence-corrected chi connectivity index (χ4v) is 2.95. The molecule has 0 radical (unpaired) electrons. The van der Waals surface area contributed by atoms with Crippen LogP contribution in [0, 0.1) is 0 Å². The van der Waals surface area contributed by atoms with Crippen molar-refractivity contribution < 1.29 is 0 Å². The van der Waals surface area contributed by atoms with Crippen LogP contribution in [0.2, 0.25) is 5.02 Å². The molecule has 72 valence electrons. The highest BCUT2D eigenvalue weighted by Gasteiger charge is 2.08. The minimum absolute atomic E-state index is 0.669. The first-order valence-electron chi connectivity index (χ1n) is 3.61. The second-order valence-corrected chi connectivity index (χ2v) is 6.06. The summed E-state index contributed by atoms with van der Waals surface area (Å²) in [6.07, 6.45) is 0. The highest BCUT2D eigenvalue weighted by molar-refractivity contribution is 9.11. The Bertz CT molecular complexity index is 472. The predicted molar refractivity (Wildman–Crippen MR) is 65.8 cm³/mol. The van der Waals surface area contributed by atoms with E-state index in [0.29, 0.717) is 5.02 Å². The molecule has 0 spiro atoms. The molecule has 6 heteroatoms. The van der Waals surface area contributed by atoms with Gasteiger partial charge in [-0.05, 0) is 34.1 Å². The van der Waals surface area contributed by atoms with Crippen molar-refractivity contribution in [2.24, 2.45) is 0 Å². The summed E-state index contributed by atoms with van der Waals surface area (Å²) in [5.41, 5.74) is 0.901. The van der Waals surface area contributed by atoms with Gasteiger partial charge in [0.15, 0.2) is 3.92 Å². The quantitative estimate of drug-likeness (QED) is 0.759. The number of nitrogens with zero attached hydrogens (tertiary/aromatic N) is 2. The molecule has 2 aromatic rings. The van der Waals surface area contributed by atoms with Crippen LogP contribution in [0.15, 0.2) is 26.6 Å². The average Bonchev–Trinajstić information content (AvgIpc) is 2.51. The van der Waals surface area contributed by atoms with Gasteiger partial charge in [-0.1, -0.05) is 38.9 Å². The lowest BCUT2D eigenvalue weighted by Gasteiger charge is -1.99. The van der Waals surface area contributed by atoms with Crippen molar-refractivity contribution >= 4 is 54.8 Å². The first-order valence-corrected chi connectivity index (χ1v) is 6.39. The number of halogens is 3. The van der Waals surface area contributed by atoms with E-state index in [2.05, 4.69) is 42.1 Å². The van der Waals surface area contributed by atoms with E-state index in [1.165, 1.54) is 11.3 Å². The monoisotopic (exact) mass is 352 g/mol. The van der Waals surface area contributed by atoms with E-state index >= 15 is 0 Å². The maximum Gasteiger partial charge on any atom is 0.183 e. The first kappa shape index (κ1) is 10.5. The Morgan fingerprint density at radius 2 is 2.00 bits per heavy atom. The molecular weight excluding hydrogens is 351 g/mol. The fraction of sp³-hybridized carbons (Fsp3) is 0. The zero-order valence-corrected chi connectivity index (χ0v) is 11.4. The number of aromatic nitrogens is 2. The van der Waals surface area contributed by atoms with E-state index in [0.717, 1.165) is 19.0 Å². The average molecular weight is 354 g/mol. The topological polar surface area (TPSA) is 25.8 Å². The second-order valence-electron chi connectivity index (χ2n) is 2.48. The summed E-state index contributed by atoms with van der Waals surface area (Å²) in [6, 6.07) is 5.68. The maximum absolute atomic E-state index is 6.07. The third kappa shape index (κ3) is 2.16. The molecule has 1 heterocycles.